The molecule has 1 unspecified atom stereocenters. The Labute approximate surface area is 115 Å². The van der Waals surface area contributed by atoms with E-state index in [-0.39, 0.29) is 12.3 Å². The maximum Gasteiger partial charge on any atom is 0.303 e. The second kappa shape index (κ2) is 8.15. The van der Waals surface area contributed by atoms with Crippen LogP contribution in [0.2, 0.25) is 0 Å². The van der Waals surface area contributed by atoms with Crippen molar-refractivity contribution in [3.8, 4) is 0 Å². The van der Waals surface area contributed by atoms with Crippen LogP contribution in [0.5, 0.6) is 0 Å². The maximum atomic E-state index is 12.0. The van der Waals surface area contributed by atoms with E-state index in [9.17, 15) is 9.59 Å². The predicted molar refractivity (Wildman–Crippen MR) is 73.6 cm³/mol. The molecule has 1 heterocycles. The highest BCUT2D eigenvalue weighted by atomic mass is 16.4. The monoisotopic (exact) mass is 270 g/mol. The molecule has 0 radical (unpaired) electrons. The van der Waals surface area contributed by atoms with Crippen molar-refractivity contribution in [1.29, 1.82) is 0 Å². The zero-order chi connectivity index (χ0) is 14.3. The molecule has 19 heavy (non-hydrogen) atoms. The molecular weight excluding hydrogens is 244 g/mol. The molecule has 110 valence electrons. The standard InChI is InChI=1S/C14H26N2O3/c1-11(10-15)2-4-13(17)16-8-6-12(7-9-16)3-5-14(18)19/h11-12H,2-10,15H2,1H3,(H,18,19). The first-order valence-electron chi connectivity index (χ1n) is 7.22. The van der Waals surface area contributed by atoms with E-state index in [1.165, 1.54) is 0 Å². The van der Waals surface area contributed by atoms with E-state index in [4.69, 9.17) is 10.8 Å². The van der Waals surface area contributed by atoms with Gasteiger partial charge in [0.1, 0.15) is 0 Å². The van der Waals surface area contributed by atoms with E-state index in [0.717, 1.165) is 38.8 Å². The number of nitrogens with zero attached hydrogens (tertiary/aromatic N) is 1. The van der Waals surface area contributed by atoms with Gasteiger partial charge in [-0.1, -0.05) is 6.92 Å². The topological polar surface area (TPSA) is 83.6 Å². The summed E-state index contributed by atoms with van der Waals surface area (Å²) >= 11 is 0. The molecule has 0 aromatic carbocycles. The van der Waals surface area contributed by atoms with Crippen molar-refractivity contribution in [2.45, 2.75) is 45.4 Å². The molecule has 0 saturated carbocycles. The lowest BCUT2D eigenvalue weighted by atomic mass is 9.92. The number of nitrogens with two attached hydrogens (primary N) is 1. The Kier molecular flexibility index (Phi) is 6.84. The van der Waals surface area contributed by atoms with Gasteiger partial charge < -0.3 is 15.7 Å². The lowest BCUT2D eigenvalue weighted by Gasteiger charge is -2.32. The Morgan fingerprint density at radius 3 is 2.47 bits per heavy atom. The number of carbonyl (C=O) groups excluding carboxylic acids is 1. The summed E-state index contributed by atoms with van der Waals surface area (Å²) in [5.41, 5.74) is 5.54. The quantitative estimate of drug-likeness (QED) is 0.733. The first kappa shape index (κ1) is 16.0. The van der Waals surface area contributed by atoms with Gasteiger partial charge >= 0.3 is 5.97 Å². The van der Waals surface area contributed by atoms with Crippen LogP contribution in [0.3, 0.4) is 0 Å². The predicted octanol–water partition coefficient (Wildman–Crippen LogP) is 1.46. The summed E-state index contributed by atoms with van der Waals surface area (Å²) in [7, 11) is 0. The van der Waals surface area contributed by atoms with Gasteiger partial charge in [-0.15, -0.1) is 0 Å². The molecule has 1 aliphatic rings. The molecule has 0 aromatic heterocycles. The molecule has 5 nitrogen and oxygen atoms in total. The summed E-state index contributed by atoms with van der Waals surface area (Å²) in [5.74, 6) is 0.353. The molecule has 1 atom stereocenters. The number of hydrogen-bond donors (Lipinski definition) is 2. The van der Waals surface area contributed by atoms with Gasteiger partial charge in [-0.05, 0) is 44.1 Å². The molecule has 1 aliphatic heterocycles. The minimum Gasteiger partial charge on any atom is -0.481 e. The largest absolute Gasteiger partial charge is 0.481 e. The molecule has 0 spiro atoms. The second-order valence-corrected chi connectivity index (χ2v) is 5.64. The highest BCUT2D eigenvalue weighted by molar-refractivity contribution is 5.76. The van der Waals surface area contributed by atoms with Crippen LogP contribution in [0.25, 0.3) is 0 Å². The maximum absolute atomic E-state index is 12.0. The SMILES string of the molecule is CC(CN)CCC(=O)N1CCC(CCC(=O)O)CC1. The summed E-state index contributed by atoms with van der Waals surface area (Å²) in [6, 6.07) is 0. The van der Waals surface area contributed by atoms with Crippen molar-refractivity contribution in [1.82, 2.24) is 4.90 Å². The normalized spacial score (nSPS) is 18.3. The van der Waals surface area contributed by atoms with Crippen LogP contribution in [0.15, 0.2) is 0 Å². The van der Waals surface area contributed by atoms with E-state index in [1.54, 1.807) is 0 Å². The van der Waals surface area contributed by atoms with Crippen LogP contribution >= 0.6 is 0 Å². The van der Waals surface area contributed by atoms with E-state index >= 15 is 0 Å². The smallest absolute Gasteiger partial charge is 0.303 e. The Morgan fingerprint density at radius 1 is 1.32 bits per heavy atom. The minimum absolute atomic E-state index is 0.219. The number of likely N-dealkylation sites (tertiary alicyclic amines) is 1. The van der Waals surface area contributed by atoms with Crippen molar-refractivity contribution < 1.29 is 14.7 Å². The number of aliphatic carboxylic acids is 1. The lowest BCUT2D eigenvalue weighted by Crippen LogP contribution is -2.38. The van der Waals surface area contributed by atoms with Crippen molar-refractivity contribution in [3.05, 3.63) is 0 Å². The summed E-state index contributed by atoms with van der Waals surface area (Å²) in [6.45, 7) is 4.25. The first-order valence-corrected chi connectivity index (χ1v) is 7.22. The molecule has 1 rings (SSSR count). The number of hydrogen-bond acceptors (Lipinski definition) is 3. The van der Waals surface area contributed by atoms with Crippen molar-refractivity contribution in [2.24, 2.45) is 17.6 Å². The van der Waals surface area contributed by atoms with E-state index in [1.807, 2.05) is 4.90 Å². The van der Waals surface area contributed by atoms with Gasteiger partial charge in [-0.25, -0.2) is 0 Å². The van der Waals surface area contributed by atoms with Crippen LogP contribution in [0, 0.1) is 11.8 Å². The third kappa shape index (κ3) is 6.05. The highest BCUT2D eigenvalue weighted by Crippen LogP contribution is 2.22. The number of carboxylic acids is 1. The lowest BCUT2D eigenvalue weighted by molar-refractivity contribution is -0.138. The minimum atomic E-state index is -0.728. The molecule has 0 bridgehead atoms. The Bertz CT molecular complexity index is 299. The first-order chi connectivity index (χ1) is 9.02. The van der Waals surface area contributed by atoms with Crippen LogP contribution in [-0.2, 0) is 9.59 Å². The average Bonchev–Trinajstić information content (AvgIpc) is 2.42. The van der Waals surface area contributed by atoms with Crippen molar-refractivity contribution >= 4 is 11.9 Å². The average molecular weight is 270 g/mol. The summed E-state index contributed by atoms with van der Waals surface area (Å²) < 4.78 is 0. The molecule has 0 aliphatic carbocycles. The van der Waals surface area contributed by atoms with E-state index in [0.29, 0.717) is 24.8 Å². The van der Waals surface area contributed by atoms with Gasteiger partial charge in [0.15, 0.2) is 0 Å². The molecule has 1 amide bonds. The summed E-state index contributed by atoms with van der Waals surface area (Å²) in [6.07, 6.45) is 4.29. The summed E-state index contributed by atoms with van der Waals surface area (Å²) in [5, 5.41) is 8.65. The fourth-order valence-corrected chi connectivity index (χ4v) is 2.44. The molecule has 0 aromatic rings. The van der Waals surface area contributed by atoms with Gasteiger partial charge in [0.05, 0.1) is 0 Å². The second-order valence-electron chi connectivity index (χ2n) is 5.64. The Morgan fingerprint density at radius 2 is 1.95 bits per heavy atom. The van der Waals surface area contributed by atoms with Gasteiger partial charge in [0.25, 0.3) is 0 Å². The number of carbonyl (C=O) groups is 2. The fourth-order valence-electron chi connectivity index (χ4n) is 2.44. The number of rotatable bonds is 7. The van der Waals surface area contributed by atoms with Gasteiger partial charge in [-0.2, -0.15) is 0 Å². The Balaban J connectivity index is 2.21. The van der Waals surface area contributed by atoms with Crippen LogP contribution in [-0.4, -0.2) is 41.5 Å². The van der Waals surface area contributed by atoms with Gasteiger partial charge in [-0.3, -0.25) is 9.59 Å². The highest BCUT2D eigenvalue weighted by Gasteiger charge is 2.23. The number of carboxylic acid groups (broad SMARTS) is 1. The zero-order valence-electron chi connectivity index (χ0n) is 11.8. The van der Waals surface area contributed by atoms with Gasteiger partial charge in [0, 0.05) is 25.9 Å². The van der Waals surface area contributed by atoms with Crippen LogP contribution < -0.4 is 5.73 Å². The van der Waals surface area contributed by atoms with Crippen LogP contribution in [0.4, 0.5) is 0 Å². The van der Waals surface area contributed by atoms with E-state index < -0.39 is 5.97 Å². The fraction of sp³-hybridized carbons (Fsp3) is 0.857. The number of amides is 1. The third-order valence-corrected chi connectivity index (χ3v) is 3.99. The van der Waals surface area contributed by atoms with E-state index in [2.05, 4.69) is 6.92 Å². The molecule has 1 fully saturated rings. The zero-order valence-corrected chi connectivity index (χ0v) is 11.8. The van der Waals surface area contributed by atoms with Gasteiger partial charge in [0.2, 0.25) is 5.91 Å². The summed E-state index contributed by atoms with van der Waals surface area (Å²) in [4.78, 5) is 24.4. The molecule has 3 N–H and O–H groups in total. The third-order valence-electron chi connectivity index (χ3n) is 3.99. The van der Waals surface area contributed by atoms with Crippen molar-refractivity contribution in [3.63, 3.8) is 0 Å². The Hall–Kier alpha value is -1.10. The molecule has 5 heteroatoms. The number of piperidine rings is 1. The molecular formula is C14H26N2O3. The molecule has 1 saturated heterocycles. The van der Waals surface area contributed by atoms with Crippen LogP contribution in [0.1, 0.15) is 45.4 Å². The van der Waals surface area contributed by atoms with Crippen molar-refractivity contribution in [2.75, 3.05) is 19.6 Å².